The van der Waals surface area contributed by atoms with Gasteiger partial charge < -0.3 is 15.4 Å². The van der Waals surface area contributed by atoms with Crippen molar-refractivity contribution < 1.29 is 9.53 Å². The number of morpholine rings is 1. The maximum absolute atomic E-state index is 12.5. The molecule has 3 rings (SSSR count). The Morgan fingerprint density at radius 3 is 2.74 bits per heavy atom. The molecule has 0 atom stereocenters. The lowest BCUT2D eigenvalue weighted by atomic mass is 10.2. The molecule has 0 aliphatic carbocycles. The summed E-state index contributed by atoms with van der Waals surface area (Å²) in [5, 5.41) is 6.64. The topological polar surface area (TPSA) is 79.4 Å². The summed E-state index contributed by atoms with van der Waals surface area (Å²) >= 11 is 6.12. The number of ether oxygens (including phenoxy) is 1. The minimum absolute atomic E-state index is 0.295. The molecule has 0 saturated carbocycles. The van der Waals surface area contributed by atoms with Gasteiger partial charge in [0.05, 0.1) is 13.2 Å². The van der Waals surface area contributed by atoms with E-state index in [1.54, 1.807) is 12.1 Å². The van der Waals surface area contributed by atoms with Crippen LogP contribution in [0.3, 0.4) is 0 Å². The van der Waals surface area contributed by atoms with Crippen LogP contribution in [0, 0.1) is 13.8 Å². The SMILES string of the molecule is Cc1cc(C(=O)Nc2ccc(C)c(Cl)c2)nc(NCCN2CCOCC2)n1. The number of hydrogen-bond donors (Lipinski definition) is 2. The van der Waals surface area contributed by atoms with E-state index in [-0.39, 0.29) is 5.91 Å². The molecular weight excluding hydrogens is 366 g/mol. The number of rotatable bonds is 6. The van der Waals surface area contributed by atoms with Gasteiger partial charge in [0.2, 0.25) is 5.95 Å². The number of carbonyl (C=O) groups is 1. The molecule has 1 saturated heterocycles. The fourth-order valence-electron chi connectivity index (χ4n) is 2.78. The van der Waals surface area contributed by atoms with E-state index in [2.05, 4.69) is 25.5 Å². The molecule has 0 spiro atoms. The molecule has 1 aliphatic rings. The Kier molecular flexibility index (Phi) is 6.60. The van der Waals surface area contributed by atoms with Gasteiger partial charge in [0.25, 0.3) is 5.91 Å². The van der Waals surface area contributed by atoms with Crippen LogP contribution in [0.2, 0.25) is 5.02 Å². The van der Waals surface area contributed by atoms with Crippen LogP contribution >= 0.6 is 11.6 Å². The molecule has 0 radical (unpaired) electrons. The lowest BCUT2D eigenvalue weighted by molar-refractivity contribution is 0.0398. The highest BCUT2D eigenvalue weighted by Crippen LogP contribution is 2.20. The van der Waals surface area contributed by atoms with Crippen molar-refractivity contribution in [3.05, 3.63) is 46.2 Å². The summed E-state index contributed by atoms with van der Waals surface area (Å²) in [5.41, 5.74) is 2.63. The van der Waals surface area contributed by atoms with Gasteiger partial charge in [-0.05, 0) is 37.6 Å². The van der Waals surface area contributed by atoms with Crippen molar-refractivity contribution in [2.45, 2.75) is 13.8 Å². The highest BCUT2D eigenvalue weighted by atomic mass is 35.5. The third-order valence-corrected chi connectivity index (χ3v) is 4.74. The van der Waals surface area contributed by atoms with Crippen LogP contribution in [0.4, 0.5) is 11.6 Å². The number of nitrogens with one attached hydrogen (secondary N) is 2. The molecule has 2 heterocycles. The molecule has 0 unspecified atom stereocenters. The largest absolute Gasteiger partial charge is 0.379 e. The van der Waals surface area contributed by atoms with Gasteiger partial charge in [-0.15, -0.1) is 0 Å². The Labute approximate surface area is 164 Å². The van der Waals surface area contributed by atoms with Crippen molar-refractivity contribution in [2.24, 2.45) is 0 Å². The zero-order valence-electron chi connectivity index (χ0n) is 15.6. The van der Waals surface area contributed by atoms with Gasteiger partial charge in [-0.25, -0.2) is 9.97 Å². The normalized spacial score (nSPS) is 14.8. The summed E-state index contributed by atoms with van der Waals surface area (Å²) in [6.07, 6.45) is 0. The minimum atomic E-state index is -0.295. The van der Waals surface area contributed by atoms with E-state index < -0.39 is 0 Å². The van der Waals surface area contributed by atoms with E-state index in [1.165, 1.54) is 0 Å². The van der Waals surface area contributed by atoms with Crippen LogP contribution in [0.5, 0.6) is 0 Å². The van der Waals surface area contributed by atoms with Crippen molar-refractivity contribution in [2.75, 3.05) is 50.0 Å². The standard InChI is InChI=1S/C19H24ClN5O2/c1-13-3-4-15(12-16(13)20)23-18(26)17-11-14(2)22-19(24-17)21-5-6-25-7-9-27-10-8-25/h3-4,11-12H,5-10H2,1-2H3,(H,23,26)(H,21,22,24). The molecule has 1 aromatic carbocycles. The molecular formula is C19H24ClN5O2. The first-order valence-electron chi connectivity index (χ1n) is 8.98. The Balaban J connectivity index is 1.61. The first kappa shape index (κ1) is 19.5. The number of amides is 1. The van der Waals surface area contributed by atoms with E-state index in [0.717, 1.165) is 44.1 Å². The van der Waals surface area contributed by atoms with E-state index in [0.29, 0.717) is 28.9 Å². The minimum Gasteiger partial charge on any atom is -0.379 e. The van der Waals surface area contributed by atoms with Crippen LogP contribution in [0.15, 0.2) is 24.3 Å². The molecule has 1 aromatic heterocycles. The van der Waals surface area contributed by atoms with Gasteiger partial charge in [0.1, 0.15) is 5.69 Å². The summed E-state index contributed by atoms with van der Waals surface area (Å²) < 4.78 is 5.35. The molecule has 7 nitrogen and oxygen atoms in total. The molecule has 0 bridgehead atoms. The predicted octanol–water partition coefficient (Wildman–Crippen LogP) is 2.74. The number of anilines is 2. The van der Waals surface area contributed by atoms with Gasteiger partial charge in [-0.3, -0.25) is 9.69 Å². The Hall–Kier alpha value is -2.22. The second-order valence-electron chi connectivity index (χ2n) is 6.52. The second-order valence-corrected chi connectivity index (χ2v) is 6.92. The second kappa shape index (κ2) is 9.12. The first-order chi connectivity index (χ1) is 13.0. The maximum atomic E-state index is 12.5. The summed E-state index contributed by atoms with van der Waals surface area (Å²) in [6.45, 7) is 8.75. The molecule has 1 aliphatic heterocycles. The van der Waals surface area contributed by atoms with Crippen molar-refractivity contribution in [3.8, 4) is 0 Å². The Morgan fingerprint density at radius 2 is 2.00 bits per heavy atom. The van der Waals surface area contributed by atoms with Gasteiger partial charge in [0.15, 0.2) is 0 Å². The molecule has 1 amide bonds. The molecule has 8 heteroatoms. The van der Waals surface area contributed by atoms with Gasteiger partial charge in [-0.1, -0.05) is 17.7 Å². The quantitative estimate of drug-likeness (QED) is 0.790. The van der Waals surface area contributed by atoms with Crippen LogP contribution < -0.4 is 10.6 Å². The van der Waals surface area contributed by atoms with Crippen LogP contribution in [0.25, 0.3) is 0 Å². The number of carbonyl (C=O) groups excluding carboxylic acids is 1. The van der Waals surface area contributed by atoms with E-state index in [1.807, 2.05) is 26.0 Å². The molecule has 1 fully saturated rings. The fraction of sp³-hybridized carbons (Fsp3) is 0.421. The van der Waals surface area contributed by atoms with Crippen molar-refractivity contribution in [1.82, 2.24) is 14.9 Å². The molecule has 2 N–H and O–H groups in total. The molecule has 2 aromatic rings. The smallest absolute Gasteiger partial charge is 0.274 e. The number of hydrogen-bond acceptors (Lipinski definition) is 6. The molecule has 144 valence electrons. The van der Waals surface area contributed by atoms with Crippen LogP contribution in [0.1, 0.15) is 21.7 Å². The van der Waals surface area contributed by atoms with E-state index in [4.69, 9.17) is 16.3 Å². The van der Waals surface area contributed by atoms with E-state index in [9.17, 15) is 4.79 Å². The summed E-state index contributed by atoms with van der Waals surface area (Å²) in [7, 11) is 0. The number of nitrogens with zero attached hydrogens (tertiary/aromatic N) is 3. The number of benzene rings is 1. The molecule has 27 heavy (non-hydrogen) atoms. The third kappa shape index (κ3) is 5.63. The van der Waals surface area contributed by atoms with Crippen LogP contribution in [-0.2, 0) is 4.74 Å². The fourth-order valence-corrected chi connectivity index (χ4v) is 2.96. The van der Waals surface area contributed by atoms with Gasteiger partial charge >= 0.3 is 0 Å². The third-order valence-electron chi connectivity index (χ3n) is 4.33. The maximum Gasteiger partial charge on any atom is 0.274 e. The summed E-state index contributed by atoms with van der Waals surface area (Å²) in [5.74, 6) is 0.159. The van der Waals surface area contributed by atoms with E-state index >= 15 is 0 Å². The summed E-state index contributed by atoms with van der Waals surface area (Å²) in [4.78, 5) is 23.6. The lowest BCUT2D eigenvalue weighted by Crippen LogP contribution is -2.39. The number of aryl methyl sites for hydroxylation is 2. The average Bonchev–Trinajstić information content (AvgIpc) is 2.65. The predicted molar refractivity (Wildman–Crippen MR) is 107 cm³/mol. The number of aromatic nitrogens is 2. The average molecular weight is 390 g/mol. The van der Waals surface area contributed by atoms with Gasteiger partial charge in [-0.2, -0.15) is 0 Å². The van der Waals surface area contributed by atoms with Gasteiger partial charge in [0, 0.05) is 42.6 Å². The van der Waals surface area contributed by atoms with Crippen molar-refractivity contribution >= 4 is 29.1 Å². The summed E-state index contributed by atoms with van der Waals surface area (Å²) in [6, 6.07) is 7.07. The lowest BCUT2D eigenvalue weighted by Gasteiger charge is -2.26. The Bertz CT molecular complexity index is 809. The highest BCUT2D eigenvalue weighted by Gasteiger charge is 2.13. The van der Waals surface area contributed by atoms with Crippen LogP contribution in [-0.4, -0.2) is 60.2 Å². The highest BCUT2D eigenvalue weighted by molar-refractivity contribution is 6.31. The van der Waals surface area contributed by atoms with Crippen molar-refractivity contribution in [1.29, 1.82) is 0 Å². The first-order valence-corrected chi connectivity index (χ1v) is 9.36. The monoisotopic (exact) mass is 389 g/mol. The number of halogens is 1. The Morgan fingerprint density at radius 1 is 1.22 bits per heavy atom. The zero-order chi connectivity index (χ0) is 19.2. The van der Waals surface area contributed by atoms with Crippen molar-refractivity contribution in [3.63, 3.8) is 0 Å². The zero-order valence-corrected chi connectivity index (χ0v) is 16.3.